The summed E-state index contributed by atoms with van der Waals surface area (Å²) in [5.74, 6) is -0.0861. The molecule has 0 aromatic carbocycles. The van der Waals surface area contributed by atoms with E-state index in [-0.39, 0.29) is 12.5 Å². The zero-order chi connectivity index (χ0) is 33.6. The van der Waals surface area contributed by atoms with Crippen molar-refractivity contribution < 1.29 is 15.0 Å². The summed E-state index contributed by atoms with van der Waals surface area (Å²) in [6.45, 7) is 4.24. The van der Waals surface area contributed by atoms with Gasteiger partial charge in [0.25, 0.3) is 0 Å². The number of hydrogen-bond donors (Lipinski definition) is 3. The van der Waals surface area contributed by atoms with Gasteiger partial charge in [-0.3, -0.25) is 4.79 Å². The lowest BCUT2D eigenvalue weighted by molar-refractivity contribution is -0.123. The second kappa shape index (κ2) is 37.5. The molecule has 0 spiro atoms. The van der Waals surface area contributed by atoms with Gasteiger partial charge in [0.05, 0.1) is 18.8 Å². The van der Waals surface area contributed by atoms with Crippen LogP contribution in [0.3, 0.4) is 0 Å². The summed E-state index contributed by atoms with van der Waals surface area (Å²) in [6.07, 6.45) is 51.6. The first kappa shape index (κ1) is 44.1. The van der Waals surface area contributed by atoms with Crippen LogP contribution in [0.25, 0.3) is 0 Å². The monoisotopic (exact) mass is 642 g/mol. The zero-order valence-electron chi connectivity index (χ0n) is 30.3. The minimum absolute atomic E-state index is 0.0861. The average Bonchev–Trinajstić information content (AvgIpc) is 3.06. The molecular formula is C42H75NO3. The molecule has 0 aliphatic rings. The highest BCUT2D eigenvalue weighted by Gasteiger charge is 2.17. The Kier molecular flexibility index (Phi) is 36.0. The molecule has 4 heteroatoms. The smallest absolute Gasteiger partial charge is 0.220 e. The van der Waals surface area contributed by atoms with Crippen LogP contribution in [-0.4, -0.2) is 34.9 Å². The first-order valence-corrected chi connectivity index (χ1v) is 19.5. The molecule has 3 N–H and O–H groups in total. The molecule has 1 amide bonds. The standard InChI is InChI=1S/C42H75NO3/c1-3-5-7-9-11-13-15-17-19-20-21-22-24-26-28-30-32-34-36-38-42(46)43-40(39-44)41(45)37-35-33-31-29-27-25-23-18-16-14-12-10-8-6-4-2/h11,13,16-19,27,29,35,37,40-41,44-45H,3-10,12,14-15,20-26,28,30-34,36,38-39H2,1-2H3,(H,43,46)/b13-11-,18-16+,19-17-,29-27+,37-35+. The van der Waals surface area contributed by atoms with E-state index < -0.39 is 12.1 Å². The molecule has 0 aromatic rings. The fourth-order valence-electron chi connectivity index (χ4n) is 5.41. The second-order valence-electron chi connectivity index (χ2n) is 13.0. The number of hydrogen-bond acceptors (Lipinski definition) is 3. The van der Waals surface area contributed by atoms with Gasteiger partial charge in [0.1, 0.15) is 0 Å². The second-order valence-corrected chi connectivity index (χ2v) is 13.0. The third-order valence-corrected chi connectivity index (χ3v) is 8.45. The highest BCUT2D eigenvalue weighted by Crippen LogP contribution is 2.12. The van der Waals surface area contributed by atoms with Crippen LogP contribution in [0.2, 0.25) is 0 Å². The SMILES string of the molecule is CCCCC/C=C\C/C=C\CCCCCCCCCCCC(=O)NC(CO)C(O)/C=C/CC/C=C/CC/C=C/CCCCCCC. The fourth-order valence-corrected chi connectivity index (χ4v) is 5.41. The molecular weight excluding hydrogens is 566 g/mol. The van der Waals surface area contributed by atoms with E-state index in [1.165, 1.54) is 116 Å². The molecule has 0 radical (unpaired) electrons. The average molecular weight is 642 g/mol. The molecule has 4 nitrogen and oxygen atoms in total. The Morgan fingerprint density at radius 3 is 1.43 bits per heavy atom. The van der Waals surface area contributed by atoms with Gasteiger partial charge in [0.2, 0.25) is 5.91 Å². The number of allylic oxidation sites excluding steroid dienone is 9. The molecule has 46 heavy (non-hydrogen) atoms. The van der Waals surface area contributed by atoms with Crippen molar-refractivity contribution in [3.8, 4) is 0 Å². The Labute approximate surface area is 286 Å². The molecule has 0 aromatic heterocycles. The summed E-state index contributed by atoms with van der Waals surface area (Å²) in [5.41, 5.74) is 0. The number of nitrogens with one attached hydrogen (secondary N) is 1. The maximum atomic E-state index is 12.3. The van der Waals surface area contributed by atoms with E-state index in [1.54, 1.807) is 6.08 Å². The Morgan fingerprint density at radius 1 is 0.522 bits per heavy atom. The summed E-state index contributed by atoms with van der Waals surface area (Å²) >= 11 is 0. The molecule has 2 atom stereocenters. The number of carbonyl (C=O) groups excluding carboxylic acids is 1. The van der Waals surface area contributed by atoms with Gasteiger partial charge >= 0.3 is 0 Å². The predicted molar refractivity (Wildman–Crippen MR) is 202 cm³/mol. The lowest BCUT2D eigenvalue weighted by Crippen LogP contribution is -2.45. The number of rotatable bonds is 34. The van der Waals surface area contributed by atoms with Gasteiger partial charge in [-0.1, -0.05) is 158 Å². The minimum Gasteiger partial charge on any atom is -0.394 e. The zero-order valence-corrected chi connectivity index (χ0v) is 30.3. The first-order valence-electron chi connectivity index (χ1n) is 19.5. The number of aliphatic hydroxyl groups excluding tert-OH is 2. The van der Waals surface area contributed by atoms with Crippen LogP contribution in [0.4, 0.5) is 0 Å². The maximum Gasteiger partial charge on any atom is 0.220 e. The van der Waals surface area contributed by atoms with E-state index in [9.17, 15) is 15.0 Å². The van der Waals surface area contributed by atoms with E-state index in [2.05, 4.69) is 67.8 Å². The largest absolute Gasteiger partial charge is 0.394 e. The van der Waals surface area contributed by atoms with Crippen LogP contribution in [0.15, 0.2) is 60.8 Å². The van der Waals surface area contributed by atoms with Crippen LogP contribution >= 0.6 is 0 Å². The summed E-state index contributed by atoms with van der Waals surface area (Å²) < 4.78 is 0. The molecule has 0 aliphatic heterocycles. The topological polar surface area (TPSA) is 69.6 Å². The summed E-state index contributed by atoms with van der Waals surface area (Å²) in [7, 11) is 0. The summed E-state index contributed by atoms with van der Waals surface area (Å²) in [5, 5.41) is 22.9. The first-order chi connectivity index (χ1) is 22.7. The van der Waals surface area contributed by atoms with Crippen LogP contribution in [-0.2, 0) is 4.79 Å². The predicted octanol–water partition coefficient (Wildman–Crippen LogP) is 11.8. The number of aliphatic hydroxyl groups is 2. The molecule has 0 heterocycles. The van der Waals surface area contributed by atoms with Gasteiger partial charge in [0, 0.05) is 6.42 Å². The van der Waals surface area contributed by atoms with Crippen LogP contribution in [0, 0.1) is 0 Å². The van der Waals surface area contributed by atoms with Crippen molar-refractivity contribution in [3.05, 3.63) is 60.8 Å². The third-order valence-electron chi connectivity index (χ3n) is 8.45. The highest BCUT2D eigenvalue weighted by molar-refractivity contribution is 5.76. The van der Waals surface area contributed by atoms with E-state index in [1.807, 2.05) is 6.08 Å². The Hall–Kier alpha value is -1.91. The van der Waals surface area contributed by atoms with Gasteiger partial charge < -0.3 is 15.5 Å². The van der Waals surface area contributed by atoms with Crippen LogP contribution < -0.4 is 5.32 Å². The molecule has 0 saturated heterocycles. The molecule has 266 valence electrons. The van der Waals surface area contributed by atoms with Crippen molar-refractivity contribution in [2.45, 2.75) is 193 Å². The van der Waals surface area contributed by atoms with Gasteiger partial charge in [0.15, 0.2) is 0 Å². The Balaban J connectivity index is 3.69. The van der Waals surface area contributed by atoms with Gasteiger partial charge in [-0.05, 0) is 77.0 Å². The highest BCUT2D eigenvalue weighted by atomic mass is 16.3. The number of unbranched alkanes of at least 4 members (excludes halogenated alkanes) is 19. The van der Waals surface area contributed by atoms with E-state index in [0.29, 0.717) is 6.42 Å². The number of carbonyl (C=O) groups is 1. The van der Waals surface area contributed by atoms with Gasteiger partial charge in [-0.25, -0.2) is 0 Å². The van der Waals surface area contributed by atoms with Crippen molar-refractivity contribution >= 4 is 5.91 Å². The van der Waals surface area contributed by atoms with E-state index in [4.69, 9.17) is 0 Å². The summed E-state index contributed by atoms with van der Waals surface area (Å²) in [6, 6.07) is -0.648. The van der Waals surface area contributed by atoms with Crippen molar-refractivity contribution in [2.24, 2.45) is 0 Å². The Morgan fingerprint density at radius 2 is 0.913 bits per heavy atom. The van der Waals surface area contributed by atoms with Gasteiger partial charge in [-0.2, -0.15) is 0 Å². The quantitative estimate of drug-likeness (QED) is 0.0483. The lowest BCUT2D eigenvalue weighted by Gasteiger charge is -2.19. The van der Waals surface area contributed by atoms with Crippen LogP contribution in [0.1, 0.15) is 181 Å². The molecule has 0 fully saturated rings. The van der Waals surface area contributed by atoms with E-state index in [0.717, 1.165) is 44.9 Å². The number of amides is 1. The molecule has 0 rings (SSSR count). The van der Waals surface area contributed by atoms with Gasteiger partial charge in [-0.15, -0.1) is 0 Å². The maximum absolute atomic E-state index is 12.3. The molecule has 0 saturated carbocycles. The molecule has 0 aliphatic carbocycles. The normalized spacial score (nSPS) is 13.7. The Bertz CT molecular complexity index is 782. The van der Waals surface area contributed by atoms with E-state index >= 15 is 0 Å². The van der Waals surface area contributed by atoms with Crippen molar-refractivity contribution in [2.75, 3.05) is 6.61 Å². The van der Waals surface area contributed by atoms with Crippen molar-refractivity contribution in [3.63, 3.8) is 0 Å². The molecule has 0 bridgehead atoms. The molecule has 2 unspecified atom stereocenters. The fraction of sp³-hybridized carbons (Fsp3) is 0.738. The summed E-state index contributed by atoms with van der Waals surface area (Å²) in [4.78, 5) is 12.3. The van der Waals surface area contributed by atoms with Crippen molar-refractivity contribution in [1.82, 2.24) is 5.32 Å². The minimum atomic E-state index is -0.872. The lowest BCUT2D eigenvalue weighted by atomic mass is 10.1. The van der Waals surface area contributed by atoms with Crippen LogP contribution in [0.5, 0.6) is 0 Å². The third kappa shape index (κ3) is 33.5. The van der Waals surface area contributed by atoms with Crippen molar-refractivity contribution in [1.29, 1.82) is 0 Å².